The van der Waals surface area contributed by atoms with Crippen LogP contribution >= 0.6 is 0 Å². The number of aromatic nitrogens is 1. The molecule has 1 atom stereocenters. The maximum atomic E-state index is 12.6. The summed E-state index contributed by atoms with van der Waals surface area (Å²) in [5.74, 6) is -0.982. The van der Waals surface area contributed by atoms with Gasteiger partial charge in [-0.3, -0.25) is 14.6 Å². The average molecular weight is 436 g/mol. The Bertz CT molecular complexity index is 754. The fraction of sp³-hybridized carbons (Fsp3) is 0.458. The van der Waals surface area contributed by atoms with Gasteiger partial charge in [0.25, 0.3) is 11.8 Å². The van der Waals surface area contributed by atoms with Crippen molar-refractivity contribution in [2.45, 2.75) is 66.9 Å². The molecule has 0 bridgehead atoms. The first-order valence-corrected chi connectivity index (χ1v) is 10.8. The number of anilines is 1. The van der Waals surface area contributed by atoms with Crippen molar-refractivity contribution in [1.82, 2.24) is 4.98 Å². The molecule has 2 amide bonds. The minimum Gasteiger partial charge on any atom is -0.372 e. The quantitative estimate of drug-likeness (QED) is 0.611. The second-order valence-electron chi connectivity index (χ2n) is 5.74. The lowest BCUT2D eigenvalue weighted by atomic mass is 10.2. The molecule has 7 heteroatoms. The van der Waals surface area contributed by atoms with E-state index in [0.717, 1.165) is 18.4 Å². The van der Waals surface area contributed by atoms with E-state index in [0.29, 0.717) is 12.1 Å². The molecular weight excluding hydrogens is 397 g/mol. The summed E-state index contributed by atoms with van der Waals surface area (Å²) in [6, 6.07) is 9.85. The predicted octanol–water partition coefficient (Wildman–Crippen LogP) is 5.37. The molecule has 2 rings (SSSR count). The zero-order chi connectivity index (χ0) is 24.2. The van der Waals surface area contributed by atoms with E-state index in [9.17, 15) is 14.0 Å². The number of benzene rings is 1. The highest BCUT2D eigenvalue weighted by Crippen LogP contribution is 2.10. The van der Waals surface area contributed by atoms with Crippen LogP contribution in [-0.4, -0.2) is 30.0 Å². The maximum Gasteiger partial charge on any atom is 0.267 e. The minimum atomic E-state index is -0.636. The number of ether oxygens (including phenoxy) is 1. The molecule has 1 unspecified atom stereocenters. The summed E-state index contributed by atoms with van der Waals surface area (Å²) in [6.45, 7) is 11.9. The first kappa shape index (κ1) is 30.4. The lowest BCUT2D eigenvalue weighted by Crippen LogP contribution is -2.29. The van der Waals surface area contributed by atoms with E-state index in [-0.39, 0.29) is 17.4 Å². The van der Waals surface area contributed by atoms with Crippen LogP contribution in [0.3, 0.4) is 0 Å². The van der Waals surface area contributed by atoms with Gasteiger partial charge in [-0.05, 0) is 36.6 Å². The van der Waals surface area contributed by atoms with Gasteiger partial charge in [0.1, 0.15) is 17.6 Å². The predicted molar refractivity (Wildman–Crippen MR) is 126 cm³/mol. The van der Waals surface area contributed by atoms with Crippen molar-refractivity contribution in [3.8, 4) is 0 Å². The second-order valence-corrected chi connectivity index (χ2v) is 5.74. The molecule has 0 aliphatic carbocycles. The summed E-state index contributed by atoms with van der Waals surface area (Å²) in [5, 5.41) is 2.66. The molecule has 0 aliphatic heterocycles. The standard InChI is InChI=1S/C12H17N3O3.C8H9F.2C2H6/c1-3-4-10(18-2)12(17)15-8-5-6-14-9(7-8)11(13)16;1-2-7-5-3-4-6-8(7)9;2*1-2/h5-7,10H,3-4H2,1-2H3,(H2,13,16)(H,14,15,17);3-6H,2H2,1H3;2*1-2H3. The normalized spacial score (nSPS) is 10.1. The molecule has 0 saturated heterocycles. The molecule has 6 nitrogen and oxygen atoms in total. The number of carbonyl (C=O) groups is 2. The third kappa shape index (κ3) is 12.5. The number of primary amides is 1. The van der Waals surface area contributed by atoms with E-state index in [1.165, 1.54) is 25.4 Å². The molecule has 0 fully saturated rings. The zero-order valence-corrected chi connectivity index (χ0v) is 19.9. The van der Waals surface area contributed by atoms with Crippen LogP contribution in [0.15, 0.2) is 42.6 Å². The number of aryl methyl sites for hydroxylation is 1. The molecule has 0 radical (unpaired) electrons. The highest BCUT2D eigenvalue weighted by Gasteiger charge is 2.17. The number of hydrogen-bond acceptors (Lipinski definition) is 4. The van der Waals surface area contributed by atoms with Gasteiger partial charge in [-0.1, -0.05) is 66.2 Å². The van der Waals surface area contributed by atoms with Crippen LogP contribution in [-0.2, 0) is 16.0 Å². The summed E-state index contributed by atoms with van der Waals surface area (Å²) >= 11 is 0. The van der Waals surface area contributed by atoms with Crippen LogP contribution in [0.1, 0.15) is 70.4 Å². The number of nitrogens with zero attached hydrogens (tertiary/aromatic N) is 1. The Labute approximate surface area is 186 Å². The SMILES string of the molecule is CC.CC.CCCC(OC)C(=O)Nc1ccnc(C(N)=O)c1.CCc1ccccc1F. The number of amides is 2. The maximum absolute atomic E-state index is 12.6. The van der Waals surface area contributed by atoms with Crippen molar-refractivity contribution in [2.75, 3.05) is 12.4 Å². The van der Waals surface area contributed by atoms with Gasteiger partial charge in [-0.2, -0.15) is 0 Å². The molecule has 2 aromatic rings. The fourth-order valence-electron chi connectivity index (χ4n) is 2.27. The molecule has 174 valence electrons. The van der Waals surface area contributed by atoms with Gasteiger partial charge < -0.3 is 15.8 Å². The second kappa shape index (κ2) is 19.2. The molecule has 0 saturated carbocycles. The molecule has 31 heavy (non-hydrogen) atoms. The monoisotopic (exact) mass is 435 g/mol. The van der Waals surface area contributed by atoms with Crippen molar-refractivity contribution < 1.29 is 18.7 Å². The number of nitrogens with one attached hydrogen (secondary N) is 1. The van der Waals surface area contributed by atoms with Crippen LogP contribution in [0, 0.1) is 5.82 Å². The lowest BCUT2D eigenvalue weighted by Gasteiger charge is -2.14. The van der Waals surface area contributed by atoms with Gasteiger partial charge >= 0.3 is 0 Å². The van der Waals surface area contributed by atoms with E-state index in [1.807, 2.05) is 47.6 Å². The van der Waals surface area contributed by atoms with Crippen molar-refractivity contribution in [3.05, 3.63) is 59.7 Å². The Kier molecular flexibility index (Phi) is 18.8. The molecule has 0 spiro atoms. The minimum absolute atomic E-state index is 0.0972. The van der Waals surface area contributed by atoms with Gasteiger partial charge in [0.15, 0.2) is 0 Å². The Morgan fingerprint density at radius 3 is 2.19 bits per heavy atom. The Morgan fingerprint density at radius 1 is 1.13 bits per heavy atom. The van der Waals surface area contributed by atoms with E-state index in [2.05, 4.69) is 10.3 Å². The Balaban J connectivity index is 0. The summed E-state index contributed by atoms with van der Waals surface area (Å²) in [7, 11) is 1.49. The summed E-state index contributed by atoms with van der Waals surface area (Å²) < 4.78 is 17.7. The first-order chi connectivity index (χ1) is 14.9. The molecular formula is C24H38FN3O3. The van der Waals surface area contributed by atoms with Gasteiger partial charge in [-0.15, -0.1) is 0 Å². The van der Waals surface area contributed by atoms with Crippen LogP contribution in [0.25, 0.3) is 0 Å². The number of nitrogens with two attached hydrogens (primary N) is 1. The van der Waals surface area contributed by atoms with E-state index < -0.39 is 12.0 Å². The van der Waals surface area contributed by atoms with Gasteiger partial charge in [-0.25, -0.2) is 4.39 Å². The van der Waals surface area contributed by atoms with Crippen LogP contribution < -0.4 is 11.1 Å². The zero-order valence-electron chi connectivity index (χ0n) is 19.9. The van der Waals surface area contributed by atoms with E-state index in [4.69, 9.17) is 10.5 Å². The summed E-state index contributed by atoms with van der Waals surface area (Å²) in [6.07, 6.45) is 3.16. The number of rotatable bonds is 7. The van der Waals surface area contributed by atoms with Crippen LogP contribution in [0.2, 0.25) is 0 Å². The molecule has 3 N–H and O–H groups in total. The van der Waals surface area contributed by atoms with Gasteiger partial charge in [0, 0.05) is 19.0 Å². The number of pyridine rings is 1. The molecule has 1 aromatic heterocycles. The smallest absolute Gasteiger partial charge is 0.267 e. The van der Waals surface area contributed by atoms with E-state index in [1.54, 1.807) is 18.2 Å². The molecule has 0 aliphatic rings. The average Bonchev–Trinajstić information content (AvgIpc) is 2.81. The van der Waals surface area contributed by atoms with Gasteiger partial charge in [0.2, 0.25) is 0 Å². The van der Waals surface area contributed by atoms with E-state index >= 15 is 0 Å². The Hall–Kier alpha value is -2.80. The first-order valence-electron chi connectivity index (χ1n) is 10.8. The highest BCUT2D eigenvalue weighted by molar-refractivity contribution is 5.96. The molecule has 1 heterocycles. The van der Waals surface area contributed by atoms with Crippen molar-refractivity contribution in [3.63, 3.8) is 0 Å². The molecule has 1 aromatic carbocycles. The highest BCUT2D eigenvalue weighted by atomic mass is 19.1. The van der Waals surface area contributed by atoms with Gasteiger partial charge in [0.05, 0.1) is 0 Å². The number of methoxy groups -OCH3 is 1. The number of carbonyl (C=O) groups excluding carboxylic acids is 2. The van der Waals surface area contributed by atoms with Crippen molar-refractivity contribution in [1.29, 1.82) is 0 Å². The Morgan fingerprint density at radius 2 is 1.74 bits per heavy atom. The van der Waals surface area contributed by atoms with Crippen molar-refractivity contribution >= 4 is 17.5 Å². The fourth-order valence-corrected chi connectivity index (χ4v) is 2.27. The van der Waals surface area contributed by atoms with Crippen molar-refractivity contribution in [2.24, 2.45) is 5.73 Å². The largest absolute Gasteiger partial charge is 0.372 e. The topological polar surface area (TPSA) is 94.3 Å². The van der Waals surface area contributed by atoms with Crippen LogP contribution in [0.5, 0.6) is 0 Å². The summed E-state index contributed by atoms with van der Waals surface area (Å²) in [5.41, 5.74) is 6.48. The third-order valence-electron chi connectivity index (χ3n) is 3.75. The lowest BCUT2D eigenvalue weighted by molar-refractivity contribution is -0.126. The number of halogens is 1. The third-order valence-corrected chi connectivity index (χ3v) is 3.75. The number of hydrogen-bond donors (Lipinski definition) is 2. The summed E-state index contributed by atoms with van der Waals surface area (Å²) in [4.78, 5) is 26.6. The van der Waals surface area contributed by atoms with Crippen LogP contribution in [0.4, 0.5) is 10.1 Å².